The summed E-state index contributed by atoms with van der Waals surface area (Å²) in [4.78, 5) is 16.8. The third kappa shape index (κ3) is 4.31. The van der Waals surface area contributed by atoms with Crippen LogP contribution in [0.3, 0.4) is 0 Å². The molecule has 0 aliphatic rings. The maximum atomic E-state index is 11.3. The lowest BCUT2D eigenvalue weighted by Crippen LogP contribution is -2.30. The van der Waals surface area contributed by atoms with Gasteiger partial charge in [-0.2, -0.15) is 0 Å². The first-order chi connectivity index (χ1) is 10.1. The quantitative estimate of drug-likeness (QED) is 0.385. The fourth-order valence-corrected chi connectivity index (χ4v) is 2.65. The summed E-state index contributed by atoms with van der Waals surface area (Å²) < 4.78 is 0. The molecule has 0 bridgehead atoms. The van der Waals surface area contributed by atoms with Crippen LogP contribution in [-0.2, 0) is 5.75 Å². The zero-order valence-electron chi connectivity index (χ0n) is 12.2. The van der Waals surface area contributed by atoms with E-state index in [4.69, 9.17) is 5.84 Å². The van der Waals surface area contributed by atoms with Crippen LogP contribution >= 0.6 is 11.8 Å². The minimum atomic E-state index is -0.328. The van der Waals surface area contributed by atoms with Gasteiger partial charge in [-0.1, -0.05) is 26.0 Å². The predicted octanol–water partition coefficient (Wildman–Crippen LogP) is 3.10. The Morgan fingerprint density at radius 2 is 1.95 bits per heavy atom. The van der Waals surface area contributed by atoms with Crippen molar-refractivity contribution in [3.05, 3.63) is 59.4 Å². The van der Waals surface area contributed by atoms with E-state index in [9.17, 15) is 4.79 Å². The fraction of sp³-hybridized carbons (Fsp3) is 0.250. The molecule has 0 radical (unpaired) electrons. The smallest absolute Gasteiger partial charge is 0.266 e. The molecular formula is C16H19N3OS. The number of nitrogens with two attached hydrogens (primary N) is 1. The van der Waals surface area contributed by atoms with Crippen LogP contribution in [0.4, 0.5) is 0 Å². The molecule has 0 saturated carbocycles. The second-order valence-electron chi connectivity index (χ2n) is 5.02. The monoisotopic (exact) mass is 301 g/mol. The molecular weight excluding hydrogens is 282 g/mol. The Hall–Kier alpha value is -1.85. The Morgan fingerprint density at radius 3 is 2.48 bits per heavy atom. The summed E-state index contributed by atoms with van der Waals surface area (Å²) >= 11 is 1.73. The van der Waals surface area contributed by atoms with Gasteiger partial charge in [0.15, 0.2) is 0 Å². The van der Waals surface area contributed by atoms with E-state index < -0.39 is 0 Å². The molecule has 0 atom stereocenters. The Morgan fingerprint density at radius 1 is 1.24 bits per heavy atom. The van der Waals surface area contributed by atoms with Gasteiger partial charge in [-0.25, -0.2) is 5.84 Å². The van der Waals surface area contributed by atoms with Crippen LogP contribution < -0.4 is 11.3 Å². The van der Waals surface area contributed by atoms with Crippen molar-refractivity contribution < 1.29 is 4.79 Å². The van der Waals surface area contributed by atoms with E-state index in [1.54, 1.807) is 24.0 Å². The van der Waals surface area contributed by atoms with Crippen molar-refractivity contribution in [2.24, 2.45) is 5.84 Å². The number of nitrogen functional groups attached to an aromatic ring is 1. The van der Waals surface area contributed by atoms with Crippen LogP contribution in [0.5, 0.6) is 0 Å². The number of hydrogen-bond acceptors (Lipinski definition) is 4. The first-order valence-corrected chi connectivity index (χ1v) is 7.77. The average molecular weight is 301 g/mol. The number of amides is 1. The highest BCUT2D eigenvalue weighted by Crippen LogP contribution is 2.24. The van der Waals surface area contributed by atoms with Gasteiger partial charge in [0.25, 0.3) is 5.91 Å². The first kappa shape index (κ1) is 15.5. The van der Waals surface area contributed by atoms with Crippen molar-refractivity contribution in [3.8, 4) is 0 Å². The third-order valence-electron chi connectivity index (χ3n) is 3.15. The van der Waals surface area contributed by atoms with E-state index in [-0.39, 0.29) is 5.91 Å². The van der Waals surface area contributed by atoms with E-state index in [0.29, 0.717) is 11.5 Å². The zero-order chi connectivity index (χ0) is 15.2. The number of hydrazine groups is 1. The van der Waals surface area contributed by atoms with Gasteiger partial charge >= 0.3 is 0 Å². The molecule has 0 aliphatic heterocycles. The topological polar surface area (TPSA) is 68.0 Å². The fourth-order valence-electron chi connectivity index (χ4n) is 1.83. The summed E-state index contributed by atoms with van der Waals surface area (Å²) in [6, 6.07) is 12.2. The van der Waals surface area contributed by atoms with Crippen LogP contribution in [0.2, 0.25) is 0 Å². The summed E-state index contributed by atoms with van der Waals surface area (Å²) in [5.74, 6) is 6.07. The normalized spacial score (nSPS) is 10.7. The van der Waals surface area contributed by atoms with E-state index in [0.717, 1.165) is 11.4 Å². The SMILES string of the molecule is CC(C)c1ccc(SCc2ccc(C(=O)NN)cn2)cc1. The van der Waals surface area contributed by atoms with Crippen molar-refractivity contribution in [2.45, 2.75) is 30.4 Å². The van der Waals surface area contributed by atoms with E-state index in [1.807, 2.05) is 6.07 Å². The predicted molar refractivity (Wildman–Crippen MR) is 86.0 cm³/mol. The van der Waals surface area contributed by atoms with Crippen molar-refractivity contribution >= 4 is 17.7 Å². The number of aromatic nitrogens is 1. The number of nitrogens with zero attached hydrogens (tertiary/aromatic N) is 1. The highest BCUT2D eigenvalue weighted by molar-refractivity contribution is 7.98. The summed E-state index contributed by atoms with van der Waals surface area (Å²) in [5, 5.41) is 0. The second-order valence-corrected chi connectivity index (χ2v) is 6.07. The standard InChI is InChI=1S/C16H19N3OS/c1-11(2)12-4-7-15(8-5-12)21-10-14-6-3-13(9-18-14)16(20)19-17/h3-9,11H,10,17H2,1-2H3,(H,19,20). The molecule has 0 unspecified atom stereocenters. The number of pyridine rings is 1. The Kier molecular flexibility index (Phi) is 5.36. The molecule has 0 fully saturated rings. The Labute approximate surface area is 129 Å². The van der Waals surface area contributed by atoms with Gasteiger partial charge in [0.2, 0.25) is 0 Å². The number of benzene rings is 1. The van der Waals surface area contributed by atoms with Gasteiger partial charge in [-0.15, -0.1) is 11.8 Å². The van der Waals surface area contributed by atoms with E-state index in [2.05, 4.69) is 48.5 Å². The molecule has 0 spiro atoms. The summed E-state index contributed by atoms with van der Waals surface area (Å²) in [6.07, 6.45) is 1.54. The molecule has 4 nitrogen and oxygen atoms in total. The highest BCUT2D eigenvalue weighted by atomic mass is 32.2. The number of carbonyl (C=O) groups is 1. The molecule has 2 aromatic rings. The summed E-state index contributed by atoms with van der Waals surface area (Å²) in [7, 11) is 0. The maximum Gasteiger partial charge on any atom is 0.266 e. The van der Waals surface area contributed by atoms with Crippen LogP contribution in [-0.4, -0.2) is 10.9 Å². The number of rotatable bonds is 5. The van der Waals surface area contributed by atoms with E-state index >= 15 is 0 Å². The van der Waals surface area contributed by atoms with Crippen molar-refractivity contribution in [1.82, 2.24) is 10.4 Å². The van der Waals surface area contributed by atoms with Crippen LogP contribution in [0.15, 0.2) is 47.5 Å². The Balaban J connectivity index is 1.95. The van der Waals surface area contributed by atoms with Crippen LogP contribution in [0, 0.1) is 0 Å². The lowest BCUT2D eigenvalue weighted by Gasteiger charge is -2.07. The van der Waals surface area contributed by atoms with Gasteiger partial charge in [-0.3, -0.25) is 15.2 Å². The van der Waals surface area contributed by atoms with Crippen molar-refractivity contribution in [2.75, 3.05) is 0 Å². The molecule has 3 N–H and O–H groups in total. The first-order valence-electron chi connectivity index (χ1n) is 6.79. The van der Waals surface area contributed by atoms with Crippen LogP contribution in [0.1, 0.15) is 41.4 Å². The van der Waals surface area contributed by atoms with Gasteiger partial charge in [0.1, 0.15) is 0 Å². The number of carbonyl (C=O) groups excluding carboxylic acids is 1. The number of hydrogen-bond donors (Lipinski definition) is 2. The van der Waals surface area contributed by atoms with Crippen molar-refractivity contribution in [3.63, 3.8) is 0 Å². The highest BCUT2D eigenvalue weighted by Gasteiger charge is 2.04. The molecule has 1 amide bonds. The zero-order valence-corrected chi connectivity index (χ0v) is 13.0. The minimum Gasteiger partial charge on any atom is -0.290 e. The molecule has 5 heteroatoms. The molecule has 2 rings (SSSR count). The lowest BCUT2D eigenvalue weighted by molar-refractivity contribution is 0.0953. The molecule has 21 heavy (non-hydrogen) atoms. The average Bonchev–Trinajstić information content (AvgIpc) is 2.53. The van der Waals surface area contributed by atoms with Gasteiger partial charge < -0.3 is 0 Å². The number of thioether (sulfide) groups is 1. The largest absolute Gasteiger partial charge is 0.290 e. The maximum absolute atomic E-state index is 11.3. The third-order valence-corrected chi connectivity index (χ3v) is 4.20. The van der Waals surface area contributed by atoms with Gasteiger partial charge in [0, 0.05) is 16.8 Å². The molecule has 1 aromatic heterocycles. The molecule has 1 aromatic carbocycles. The minimum absolute atomic E-state index is 0.328. The molecule has 0 aliphatic carbocycles. The molecule has 110 valence electrons. The second kappa shape index (κ2) is 7.24. The van der Waals surface area contributed by atoms with Gasteiger partial charge in [0.05, 0.1) is 11.3 Å². The lowest BCUT2D eigenvalue weighted by atomic mass is 10.0. The van der Waals surface area contributed by atoms with E-state index in [1.165, 1.54) is 10.5 Å². The van der Waals surface area contributed by atoms with Crippen molar-refractivity contribution in [1.29, 1.82) is 0 Å². The van der Waals surface area contributed by atoms with Gasteiger partial charge in [-0.05, 0) is 35.7 Å². The summed E-state index contributed by atoms with van der Waals surface area (Å²) in [5.41, 5.74) is 4.83. The molecule has 0 saturated heterocycles. The van der Waals surface area contributed by atoms with Crippen LogP contribution in [0.25, 0.3) is 0 Å². The number of nitrogens with one attached hydrogen (secondary N) is 1. The summed E-state index contributed by atoms with van der Waals surface area (Å²) in [6.45, 7) is 4.37. The Bertz CT molecular complexity index is 594. The molecule has 1 heterocycles.